The topological polar surface area (TPSA) is 79.5 Å². The van der Waals surface area contributed by atoms with Crippen molar-refractivity contribution in [1.29, 1.82) is 0 Å². The van der Waals surface area contributed by atoms with Gasteiger partial charge in [0.25, 0.3) is 11.8 Å². The molecular formula is C23H29N3O3S. The lowest BCUT2D eigenvalue weighted by atomic mass is 10.1. The smallest absolute Gasteiger partial charge is 0.269 e. The minimum atomic E-state index is -0.372. The predicted octanol–water partition coefficient (Wildman–Crippen LogP) is 4.29. The van der Waals surface area contributed by atoms with Crippen LogP contribution in [0.4, 0.5) is 0 Å². The Bertz CT molecular complexity index is 836. The van der Waals surface area contributed by atoms with Crippen molar-refractivity contribution in [1.82, 2.24) is 16.2 Å². The zero-order chi connectivity index (χ0) is 21.8. The van der Waals surface area contributed by atoms with Crippen LogP contribution in [-0.4, -0.2) is 23.5 Å². The summed E-state index contributed by atoms with van der Waals surface area (Å²) in [5.41, 5.74) is 6.99. The minimum absolute atomic E-state index is 0.00728. The molecule has 0 aliphatic rings. The molecule has 0 aliphatic heterocycles. The van der Waals surface area contributed by atoms with Crippen molar-refractivity contribution >= 4 is 29.1 Å². The lowest BCUT2D eigenvalue weighted by Gasteiger charge is -2.11. The van der Waals surface area contributed by atoms with Gasteiger partial charge in [0.1, 0.15) is 5.75 Å². The normalized spacial score (nSPS) is 10.2. The third-order valence-corrected chi connectivity index (χ3v) is 4.67. The van der Waals surface area contributed by atoms with Gasteiger partial charge in [-0.2, -0.15) is 0 Å². The Morgan fingerprint density at radius 1 is 0.833 bits per heavy atom. The number of carbonyl (C=O) groups is 2. The van der Waals surface area contributed by atoms with E-state index in [1.165, 1.54) is 25.7 Å². The van der Waals surface area contributed by atoms with Gasteiger partial charge in [0.2, 0.25) is 0 Å². The maximum Gasteiger partial charge on any atom is 0.269 e. The Morgan fingerprint density at radius 2 is 1.43 bits per heavy atom. The van der Waals surface area contributed by atoms with Crippen molar-refractivity contribution < 1.29 is 14.3 Å². The van der Waals surface area contributed by atoms with Gasteiger partial charge < -0.3 is 4.74 Å². The number of nitrogens with one attached hydrogen (secondary N) is 3. The Morgan fingerprint density at radius 3 is 2.10 bits per heavy atom. The second kappa shape index (κ2) is 12.6. The predicted molar refractivity (Wildman–Crippen MR) is 123 cm³/mol. The highest BCUT2D eigenvalue weighted by Gasteiger charge is 2.10. The lowest BCUT2D eigenvalue weighted by molar-refractivity contribution is 0.0934. The number of rotatable bonds is 9. The first-order chi connectivity index (χ1) is 14.5. The largest absolute Gasteiger partial charge is 0.494 e. The summed E-state index contributed by atoms with van der Waals surface area (Å²) in [5, 5.41) is 2.54. The second-order valence-electron chi connectivity index (χ2n) is 7.02. The van der Waals surface area contributed by atoms with E-state index in [9.17, 15) is 9.59 Å². The van der Waals surface area contributed by atoms with E-state index in [1.807, 2.05) is 19.1 Å². The van der Waals surface area contributed by atoms with Gasteiger partial charge in [0.15, 0.2) is 5.11 Å². The number of hydrogen-bond donors (Lipinski definition) is 3. The molecule has 0 radical (unpaired) electrons. The Kier molecular flexibility index (Phi) is 9.80. The molecule has 2 aromatic rings. The number of carbonyl (C=O) groups excluding carboxylic acids is 2. The van der Waals surface area contributed by atoms with Crippen molar-refractivity contribution in [3.63, 3.8) is 0 Å². The van der Waals surface area contributed by atoms with E-state index in [-0.39, 0.29) is 16.9 Å². The number of ether oxygens (including phenoxy) is 1. The fraction of sp³-hybridized carbons (Fsp3) is 0.348. The van der Waals surface area contributed by atoms with Gasteiger partial charge >= 0.3 is 0 Å². The van der Waals surface area contributed by atoms with Gasteiger partial charge in [-0.05, 0) is 62.0 Å². The van der Waals surface area contributed by atoms with Crippen LogP contribution in [0.15, 0.2) is 48.5 Å². The quantitative estimate of drug-likeness (QED) is 0.316. The molecule has 0 bridgehead atoms. The van der Waals surface area contributed by atoms with E-state index in [4.69, 9.17) is 17.0 Å². The number of aryl methyl sites for hydroxylation is 1. The monoisotopic (exact) mass is 427 g/mol. The van der Waals surface area contributed by atoms with Crippen LogP contribution in [0.3, 0.4) is 0 Å². The van der Waals surface area contributed by atoms with Crippen LogP contribution in [0.1, 0.15) is 65.3 Å². The van der Waals surface area contributed by atoms with Gasteiger partial charge in [-0.1, -0.05) is 50.3 Å². The molecule has 0 fully saturated rings. The number of benzene rings is 2. The van der Waals surface area contributed by atoms with Gasteiger partial charge in [0.05, 0.1) is 6.61 Å². The number of amides is 2. The summed E-state index contributed by atoms with van der Waals surface area (Å²) >= 11 is 5.06. The van der Waals surface area contributed by atoms with Crippen LogP contribution in [0.5, 0.6) is 5.75 Å². The highest BCUT2D eigenvalue weighted by atomic mass is 32.1. The molecule has 7 heteroatoms. The molecule has 6 nitrogen and oxygen atoms in total. The minimum Gasteiger partial charge on any atom is -0.494 e. The third kappa shape index (κ3) is 8.21. The molecule has 30 heavy (non-hydrogen) atoms. The van der Waals surface area contributed by atoms with E-state index in [2.05, 4.69) is 23.1 Å². The summed E-state index contributed by atoms with van der Waals surface area (Å²) in [6, 6.07) is 14.0. The highest BCUT2D eigenvalue weighted by molar-refractivity contribution is 7.80. The summed E-state index contributed by atoms with van der Waals surface area (Å²) in [5.74, 6) is 0.0131. The van der Waals surface area contributed by atoms with Crippen LogP contribution in [0.2, 0.25) is 0 Å². The molecule has 160 valence electrons. The average molecular weight is 428 g/mol. The Labute approximate surface area is 183 Å². The van der Waals surface area contributed by atoms with Crippen LogP contribution in [0, 0.1) is 6.92 Å². The Balaban J connectivity index is 1.72. The van der Waals surface area contributed by atoms with Crippen molar-refractivity contribution in [2.45, 2.75) is 46.0 Å². The molecule has 0 unspecified atom stereocenters. The standard InChI is InChI=1S/C23H29N3O3S/c1-3-4-5-6-7-16-29-20-14-12-18(13-15-20)21(27)24-23(30)26-25-22(28)19-10-8-17(2)9-11-19/h8-15H,3-7,16H2,1-2H3,(H,25,28)(H2,24,26,27,30). The van der Waals surface area contributed by atoms with Crippen LogP contribution in [-0.2, 0) is 0 Å². The molecule has 3 N–H and O–H groups in total. The second-order valence-corrected chi connectivity index (χ2v) is 7.42. The molecule has 0 heterocycles. The van der Waals surface area contributed by atoms with Gasteiger partial charge in [-0.3, -0.25) is 25.8 Å². The fourth-order valence-corrected chi connectivity index (χ4v) is 2.84. The van der Waals surface area contributed by atoms with E-state index in [1.54, 1.807) is 36.4 Å². The van der Waals surface area contributed by atoms with Crippen LogP contribution in [0.25, 0.3) is 0 Å². The van der Waals surface area contributed by atoms with E-state index in [0.29, 0.717) is 17.7 Å². The van der Waals surface area contributed by atoms with Gasteiger partial charge in [-0.15, -0.1) is 0 Å². The van der Waals surface area contributed by atoms with Gasteiger partial charge in [0, 0.05) is 11.1 Å². The molecule has 0 atom stereocenters. The summed E-state index contributed by atoms with van der Waals surface area (Å²) in [7, 11) is 0. The van der Waals surface area contributed by atoms with Gasteiger partial charge in [-0.25, -0.2) is 0 Å². The summed E-state index contributed by atoms with van der Waals surface area (Å²) in [6.07, 6.45) is 5.91. The third-order valence-electron chi connectivity index (χ3n) is 4.46. The molecule has 0 aromatic heterocycles. The zero-order valence-corrected chi connectivity index (χ0v) is 18.3. The number of hydrogen-bond acceptors (Lipinski definition) is 4. The first-order valence-electron chi connectivity index (χ1n) is 10.2. The molecular weight excluding hydrogens is 398 g/mol. The first-order valence-corrected chi connectivity index (χ1v) is 10.6. The molecule has 2 aromatic carbocycles. The molecule has 2 amide bonds. The first kappa shape index (κ1) is 23.3. The Hall–Kier alpha value is -2.93. The van der Waals surface area contributed by atoms with Crippen molar-refractivity contribution in [2.75, 3.05) is 6.61 Å². The van der Waals surface area contributed by atoms with Crippen molar-refractivity contribution in [3.05, 3.63) is 65.2 Å². The van der Waals surface area contributed by atoms with Crippen molar-refractivity contribution in [3.8, 4) is 5.75 Å². The van der Waals surface area contributed by atoms with Crippen molar-refractivity contribution in [2.24, 2.45) is 0 Å². The SMILES string of the molecule is CCCCCCCOc1ccc(C(=O)NC(=S)NNC(=O)c2ccc(C)cc2)cc1. The number of hydrazine groups is 1. The maximum atomic E-state index is 12.3. The van der Waals surface area contributed by atoms with Crippen LogP contribution >= 0.6 is 12.2 Å². The zero-order valence-electron chi connectivity index (χ0n) is 17.5. The number of unbranched alkanes of at least 4 members (excludes halogenated alkanes) is 4. The molecule has 0 aliphatic carbocycles. The fourth-order valence-electron chi connectivity index (χ4n) is 2.70. The molecule has 0 spiro atoms. The van der Waals surface area contributed by atoms with E-state index >= 15 is 0 Å². The van der Waals surface area contributed by atoms with Crippen LogP contribution < -0.4 is 20.9 Å². The van der Waals surface area contributed by atoms with E-state index < -0.39 is 0 Å². The highest BCUT2D eigenvalue weighted by Crippen LogP contribution is 2.13. The number of thiocarbonyl (C=S) groups is 1. The van der Waals surface area contributed by atoms with E-state index in [0.717, 1.165) is 17.7 Å². The molecule has 0 saturated heterocycles. The maximum absolute atomic E-state index is 12.3. The average Bonchev–Trinajstić information content (AvgIpc) is 2.75. The summed E-state index contributed by atoms with van der Waals surface area (Å²) in [6.45, 7) is 4.81. The summed E-state index contributed by atoms with van der Waals surface area (Å²) in [4.78, 5) is 24.3. The summed E-state index contributed by atoms with van der Waals surface area (Å²) < 4.78 is 5.70. The molecule has 2 rings (SSSR count). The lowest BCUT2D eigenvalue weighted by Crippen LogP contribution is -2.48. The molecule has 0 saturated carbocycles.